The molecule has 146 valence electrons. The van der Waals surface area contributed by atoms with Crippen LogP contribution in [0.4, 0.5) is 21.8 Å². The van der Waals surface area contributed by atoms with Crippen LogP contribution in [0.1, 0.15) is 28.3 Å². The second-order valence-corrected chi connectivity index (χ2v) is 6.84. The van der Waals surface area contributed by atoms with Gasteiger partial charge in [-0.1, -0.05) is 0 Å². The predicted molar refractivity (Wildman–Crippen MR) is 101 cm³/mol. The molecule has 0 unspecified atom stereocenters. The number of nitrogens with zero attached hydrogens (tertiary/aromatic N) is 5. The summed E-state index contributed by atoms with van der Waals surface area (Å²) in [5, 5.41) is 6.16. The van der Waals surface area contributed by atoms with E-state index in [0.717, 1.165) is 25.2 Å². The Morgan fingerprint density at radius 2 is 2.04 bits per heavy atom. The smallest absolute Gasteiger partial charge is 0.316 e. The lowest BCUT2D eigenvalue weighted by Gasteiger charge is -2.36. The fourth-order valence-electron chi connectivity index (χ4n) is 3.08. The van der Waals surface area contributed by atoms with E-state index in [1.54, 1.807) is 0 Å². The molecule has 1 atom stereocenters. The molecule has 3 heterocycles. The van der Waals surface area contributed by atoms with Gasteiger partial charge in [0.2, 0.25) is 11.9 Å². The Bertz CT molecular complexity index is 881. The van der Waals surface area contributed by atoms with Gasteiger partial charge >= 0.3 is 6.01 Å². The van der Waals surface area contributed by atoms with Gasteiger partial charge in [0.15, 0.2) is 11.6 Å². The van der Waals surface area contributed by atoms with Crippen molar-refractivity contribution in [2.45, 2.75) is 44.9 Å². The summed E-state index contributed by atoms with van der Waals surface area (Å²) >= 11 is 0. The molecule has 9 nitrogen and oxygen atoms in total. The van der Waals surface area contributed by atoms with Crippen LogP contribution in [0.15, 0.2) is 12.4 Å². The van der Waals surface area contributed by atoms with Gasteiger partial charge in [-0.05, 0) is 13.8 Å². The molecule has 0 spiro atoms. The molecule has 2 aliphatic rings. The summed E-state index contributed by atoms with van der Waals surface area (Å²) in [5.74, 6) is 0.650. The molecule has 4 rings (SSSR count). The number of aromatic nitrogens is 4. The Morgan fingerprint density at radius 1 is 1.33 bits per heavy atom. The molecule has 0 radical (unpaired) electrons. The predicted octanol–water partition coefficient (Wildman–Crippen LogP) is 2.00. The van der Waals surface area contributed by atoms with Crippen molar-refractivity contribution >= 4 is 23.4 Å². The molecule has 2 N–H and O–H groups in total. The summed E-state index contributed by atoms with van der Waals surface area (Å²) in [6, 6.07) is 0.0396. The van der Waals surface area contributed by atoms with Crippen LogP contribution < -0.4 is 20.3 Å². The summed E-state index contributed by atoms with van der Waals surface area (Å²) in [6.07, 6.45) is 3.61. The highest BCUT2D eigenvalue weighted by molar-refractivity contribution is 6.03. The minimum atomic E-state index is -0.495. The maximum absolute atomic E-state index is 12.8. The molecule has 1 aliphatic heterocycles. The van der Waals surface area contributed by atoms with E-state index < -0.39 is 5.82 Å². The molecule has 0 bridgehead atoms. The number of ether oxygens (including phenoxy) is 1. The van der Waals surface area contributed by atoms with E-state index in [4.69, 9.17) is 4.74 Å². The zero-order valence-corrected chi connectivity index (χ0v) is 15.2. The van der Waals surface area contributed by atoms with Crippen molar-refractivity contribution in [2.24, 2.45) is 0 Å². The highest BCUT2D eigenvalue weighted by atomic mass is 19.1. The molecule has 1 saturated carbocycles. The van der Waals surface area contributed by atoms with E-state index in [0.29, 0.717) is 23.1 Å². The monoisotopic (exact) mass is 377 g/mol. The lowest BCUT2D eigenvalue weighted by Crippen LogP contribution is -2.45. The van der Waals surface area contributed by atoms with E-state index in [9.17, 15) is 9.18 Å². The first-order valence-electron chi connectivity index (χ1n) is 8.74. The number of anilines is 3. The second kappa shape index (κ2) is 6.60. The van der Waals surface area contributed by atoms with Gasteiger partial charge < -0.3 is 20.3 Å². The normalized spacial score (nSPS) is 23.9. The van der Waals surface area contributed by atoms with Gasteiger partial charge in [0.1, 0.15) is 17.8 Å². The van der Waals surface area contributed by atoms with Gasteiger partial charge in [0.05, 0.1) is 18.1 Å². The number of carbonyl (C=O) groups is 1. The molecule has 2 aromatic rings. The van der Waals surface area contributed by atoms with Crippen LogP contribution in [0.3, 0.4) is 0 Å². The summed E-state index contributed by atoms with van der Waals surface area (Å²) in [7, 11) is 1.84. The van der Waals surface area contributed by atoms with Crippen molar-refractivity contribution < 1.29 is 16.8 Å². The van der Waals surface area contributed by atoms with Crippen LogP contribution in [0.2, 0.25) is 0 Å². The van der Waals surface area contributed by atoms with Gasteiger partial charge in [-0.15, -0.1) is 0 Å². The number of aryl methyl sites for hydroxylation is 1. The van der Waals surface area contributed by atoms with E-state index >= 15 is 0 Å². The first-order chi connectivity index (χ1) is 12.9. The Hall–Kier alpha value is -3.04. The third kappa shape index (κ3) is 3.34. The van der Waals surface area contributed by atoms with Crippen molar-refractivity contribution in [3.8, 4) is 6.01 Å². The number of fused-ring (bicyclic) bond motifs is 1. The molecule has 0 aromatic carbocycles. The van der Waals surface area contributed by atoms with Crippen LogP contribution >= 0.6 is 0 Å². The number of likely N-dealkylation sites (N-methyl/N-ethyl adjacent to an activating group) is 1. The van der Waals surface area contributed by atoms with E-state index in [1.165, 1.54) is 0 Å². The van der Waals surface area contributed by atoms with Gasteiger partial charge in [0.25, 0.3) is 0 Å². The van der Waals surface area contributed by atoms with Crippen molar-refractivity contribution in [3.05, 3.63) is 23.9 Å². The standard InChI is InChI=1S/C17H20FN7O2.2H2/c1-8-13-14(25(3)9(2)15(26)23-13)24-16(21-8)22-11-4-12(5-11)27-17-19-6-10(18)7-20-17;;/h6-7,9,11-12H,4-5H2,1-3H3,(H,23,26)(H,21,22,24);2*1H/t9-,11?,12?;;/m0../s1. The van der Waals surface area contributed by atoms with Crippen LogP contribution in [-0.2, 0) is 4.79 Å². The SMILES string of the molecule is Cc1nc(NC2CC(Oc3ncc(F)cn3)C2)nc2c1NC(=O)[C@H](C)N2C.[HH].[HH]. The van der Waals surface area contributed by atoms with E-state index in [1.807, 2.05) is 25.8 Å². The number of nitrogens with one attached hydrogen (secondary N) is 2. The lowest BCUT2D eigenvalue weighted by atomic mass is 9.89. The summed E-state index contributed by atoms with van der Waals surface area (Å²) in [4.78, 5) is 30.4. The minimum Gasteiger partial charge on any atom is -0.460 e. The maximum atomic E-state index is 12.8. The Balaban J connectivity index is 0.00000150. The molecule has 1 aliphatic carbocycles. The zero-order valence-electron chi connectivity index (χ0n) is 15.2. The lowest BCUT2D eigenvalue weighted by molar-refractivity contribution is -0.117. The summed E-state index contributed by atoms with van der Waals surface area (Å²) in [5.41, 5.74) is 1.36. The largest absolute Gasteiger partial charge is 0.460 e. The molecule has 1 amide bonds. The quantitative estimate of drug-likeness (QED) is 0.834. The van der Waals surface area contributed by atoms with Gasteiger partial charge in [-0.2, -0.15) is 4.98 Å². The Kier molecular flexibility index (Phi) is 4.25. The fraction of sp³-hybridized carbons (Fsp3) is 0.471. The molecule has 27 heavy (non-hydrogen) atoms. The molecule has 2 aromatic heterocycles. The number of rotatable bonds is 4. The zero-order chi connectivity index (χ0) is 19.1. The first-order valence-corrected chi connectivity index (χ1v) is 8.74. The van der Waals surface area contributed by atoms with E-state index in [-0.39, 0.29) is 33.0 Å². The third-order valence-corrected chi connectivity index (χ3v) is 4.91. The highest BCUT2D eigenvalue weighted by Gasteiger charge is 2.34. The number of halogens is 1. The van der Waals surface area contributed by atoms with Crippen LogP contribution in [0.5, 0.6) is 6.01 Å². The highest BCUT2D eigenvalue weighted by Crippen LogP contribution is 2.33. The van der Waals surface area contributed by atoms with Gasteiger partial charge in [-0.3, -0.25) is 4.79 Å². The third-order valence-electron chi connectivity index (χ3n) is 4.91. The second-order valence-electron chi connectivity index (χ2n) is 6.84. The van der Waals surface area contributed by atoms with Crippen molar-refractivity contribution in [3.63, 3.8) is 0 Å². The molecular formula is C17H24FN7O2. The van der Waals surface area contributed by atoms with Crippen LogP contribution in [-0.4, -0.2) is 51.1 Å². The minimum absolute atomic E-state index is 0. The molecule has 1 fully saturated rings. The average molecular weight is 377 g/mol. The first kappa shape index (κ1) is 17.4. The van der Waals surface area contributed by atoms with Crippen molar-refractivity contribution in [1.82, 2.24) is 19.9 Å². The van der Waals surface area contributed by atoms with Crippen molar-refractivity contribution in [2.75, 3.05) is 22.6 Å². The summed E-state index contributed by atoms with van der Waals surface area (Å²) in [6.45, 7) is 3.67. The average Bonchev–Trinajstić information content (AvgIpc) is 2.61. The van der Waals surface area contributed by atoms with Crippen LogP contribution in [0, 0.1) is 12.7 Å². The number of carbonyl (C=O) groups excluding carboxylic acids is 1. The van der Waals surface area contributed by atoms with Crippen LogP contribution in [0.25, 0.3) is 0 Å². The summed E-state index contributed by atoms with van der Waals surface area (Å²) < 4.78 is 18.4. The topological polar surface area (TPSA) is 105 Å². The van der Waals surface area contributed by atoms with E-state index in [2.05, 4.69) is 30.6 Å². The van der Waals surface area contributed by atoms with Gasteiger partial charge in [0, 0.05) is 28.8 Å². The Morgan fingerprint density at radius 3 is 2.74 bits per heavy atom. The maximum Gasteiger partial charge on any atom is 0.316 e. The number of hydrogen-bond acceptors (Lipinski definition) is 8. The number of amides is 1. The Labute approximate surface area is 158 Å². The molecular weight excluding hydrogens is 353 g/mol. The van der Waals surface area contributed by atoms with Crippen molar-refractivity contribution in [1.29, 1.82) is 0 Å². The van der Waals surface area contributed by atoms with Gasteiger partial charge in [-0.25, -0.2) is 19.3 Å². The molecule has 0 saturated heterocycles. The fourth-order valence-corrected chi connectivity index (χ4v) is 3.08. The number of hydrogen-bond donors (Lipinski definition) is 2. The molecule has 10 heteroatoms.